The summed E-state index contributed by atoms with van der Waals surface area (Å²) in [5, 5.41) is 3.50. The molecule has 3 aromatic rings. The first-order chi connectivity index (χ1) is 12.2. The molecule has 0 unspecified atom stereocenters. The lowest BCUT2D eigenvalue weighted by atomic mass is 10.2. The summed E-state index contributed by atoms with van der Waals surface area (Å²) in [6.07, 6.45) is 1.96. The number of fused-ring (bicyclic) bond motifs is 1. The Labute approximate surface area is 164 Å². The van der Waals surface area contributed by atoms with Gasteiger partial charge in [-0.15, -0.1) is 0 Å². The average molecular weight is 467 g/mol. The fourth-order valence-electron chi connectivity index (χ4n) is 2.78. The third-order valence-corrected chi connectivity index (χ3v) is 4.94. The maximum atomic E-state index is 5.76. The molecular weight excluding hydrogens is 446 g/mol. The lowest BCUT2D eigenvalue weighted by Gasteiger charge is -2.13. The predicted octanol–water partition coefficient (Wildman–Crippen LogP) is 5.21. The van der Waals surface area contributed by atoms with Crippen molar-refractivity contribution >= 4 is 42.9 Å². The van der Waals surface area contributed by atoms with Gasteiger partial charge in [0.05, 0.1) is 22.1 Å². The lowest BCUT2D eigenvalue weighted by molar-refractivity contribution is 0.333. The van der Waals surface area contributed by atoms with E-state index in [0.29, 0.717) is 6.61 Å². The number of H-pyrrole nitrogens is 1. The Morgan fingerprint density at radius 2 is 2.04 bits per heavy atom. The van der Waals surface area contributed by atoms with E-state index in [0.717, 1.165) is 63.0 Å². The van der Waals surface area contributed by atoms with E-state index in [1.807, 2.05) is 31.2 Å². The minimum atomic E-state index is 0.652. The van der Waals surface area contributed by atoms with E-state index in [-0.39, 0.29) is 0 Å². The molecule has 1 heterocycles. The maximum Gasteiger partial charge on any atom is 0.138 e. The molecule has 1 aromatic heterocycles. The van der Waals surface area contributed by atoms with Crippen LogP contribution in [0.1, 0.15) is 24.7 Å². The van der Waals surface area contributed by atoms with Crippen LogP contribution in [0.25, 0.3) is 11.0 Å². The molecular formula is C19H21Br2N3O. The van der Waals surface area contributed by atoms with Gasteiger partial charge in [0.2, 0.25) is 0 Å². The van der Waals surface area contributed by atoms with Gasteiger partial charge in [-0.05, 0) is 60.1 Å². The Kier molecular flexibility index (Phi) is 6.51. The second-order valence-corrected chi connectivity index (χ2v) is 7.56. The summed E-state index contributed by atoms with van der Waals surface area (Å²) in [5.41, 5.74) is 3.28. The van der Waals surface area contributed by atoms with Crippen molar-refractivity contribution in [3.63, 3.8) is 0 Å². The predicted molar refractivity (Wildman–Crippen MR) is 109 cm³/mol. The molecule has 2 N–H and O–H groups in total. The highest BCUT2D eigenvalue weighted by Crippen LogP contribution is 2.32. The third-order valence-electron chi connectivity index (χ3n) is 3.89. The van der Waals surface area contributed by atoms with E-state index in [1.54, 1.807) is 0 Å². The van der Waals surface area contributed by atoms with Gasteiger partial charge in [-0.2, -0.15) is 0 Å². The van der Waals surface area contributed by atoms with Crippen molar-refractivity contribution in [2.45, 2.75) is 26.3 Å². The number of aromatic nitrogens is 2. The Hall–Kier alpha value is -1.37. The van der Waals surface area contributed by atoms with E-state index < -0.39 is 0 Å². The first-order valence-electron chi connectivity index (χ1n) is 8.42. The van der Waals surface area contributed by atoms with Gasteiger partial charge >= 0.3 is 0 Å². The monoisotopic (exact) mass is 465 g/mol. The fraction of sp³-hybridized carbons (Fsp3) is 0.316. The summed E-state index contributed by atoms with van der Waals surface area (Å²) < 4.78 is 7.78. The normalized spacial score (nSPS) is 11.2. The highest BCUT2D eigenvalue weighted by atomic mass is 79.9. The second kappa shape index (κ2) is 8.83. The Bertz CT molecular complexity index is 815. The first kappa shape index (κ1) is 18.4. The minimum absolute atomic E-state index is 0.652. The van der Waals surface area contributed by atoms with Crippen molar-refractivity contribution in [2.24, 2.45) is 0 Å². The van der Waals surface area contributed by atoms with Crippen molar-refractivity contribution in [3.05, 3.63) is 56.7 Å². The number of para-hydroxylation sites is 2. The molecule has 0 bridgehead atoms. The van der Waals surface area contributed by atoms with Gasteiger partial charge < -0.3 is 15.0 Å². The van der Waals surface area contributed by atoms with Crippen LogP contribution < -0.4 is 10.1 Å². The summed E-state index contributed by atoms with van der Waals surface area (Å²) in [5.74, 6) is 1.96. The number of nitrogens with zero attached hydrogens (tertiary/aromatic N) is 1. The Balaban J connectivity index is 1.51. The third kappa shape index (κ3) is 4.84. The van der Waals surface area contributed by atoms with Gasteiger partial charge in [-0.1, -0.05) is 28.1 Å². The molecule has 0 aliphatic carbocycles. The number of hydrogen-bond donors (Lipinski definition) is 2. The van der Waals surface area contributed by atoms with Crippen LogP contribution in [0.5, 0.6) is 5.75 Å². The zero-order chi connectivity index (χ0) is 17.6. The highest BCUT2D eigenvalue weighted by Gasteiger charge is 2.09. The van der Waals surface area contributed by atoms with Crippen molar-refractivity contribution in [2.75, 3.05) is 13.2 Å². The summed E-state index contributed by atoms with van der Waals surface area (Å²) in [4.78, 5) is 7.99. The molecule has 0 atom stereocenters. The Morgan fingerprint density at radius 1 is 1.20 bits per heavy atom. The molecule has 0 fully saturated rings. The summed E-state index contributed by atoms with van der Waals surface area (Å²) >= 11 is 7.12. The van der Waals surface area contributed by atoms with Gasteiger partial charge in [0.15, 0.2) is 0 Å². The van der Waals surface area contributed by atoms with Gasteiger partial charge in [0.25, 0.3) is 0 Å². The van der Waals surface area contributed by atoms with Crippen LogP contribution in [0.2, 0.25) is 0 Å². The summed E-state index contributed by atoms with van der Waals surface area (Å²) in [6, 6.07) is 12.2. The number of rotatable bonds is 8. The Morgan fingerprint density at radius 3 is 2.84 bits per heavy atom. The highest BCUT2D eigenvalue weighted by molar-refractivity contribution is 9.11. The molecule has 132 valence electrons. The molecule has 6 heteroatoms. The standard InChI is InChI=1S/C19H21Br2N3O/c1-2-25-19-13(10-14(20)11-15(19)21)12-22-9-5-8-18-23-16-6-3-4-7-17(16)24-18/h3-4,6-7,10-11,22H,2,5,8-9,12H2,1H3,(H,23,24). The van der Waals surface area contributed by atoms with Gasteiger partial charge in [0.1, 0.15) is 11.6 Å². The molecule has 0 aliphatic rings. The fourth-order valence-corrected chi connectivity index (χ4v) is 4.21. The minimum Gasteiger partial charge on any atom is -0.492 e. The van der Waals surface area contributed by atoms with Gasteiger partial charge in [0, 0.05) is 23.0 Å². The molecule has 0 saturated carbocycles. The van der Waals surface area contributed by atoms with Crippen LogP contribution >= 0.6 is 31.9 Å². The zero-order valence-corrected chi connectivity index (χ0v) is 17.3. The smallest absolute Gasteiger partial charge is 0.138 e. The summed E-state index contributed by atoms with van der Waals surface area (Å²) in [6.45, 7) is 4.35. The van der Waals surface area contributed by atoms with Crippen LogP contribution in [-0.4, -0.2) is 23.1 Å². The van der Waals surface area contributed by atoms with E-state index >= 15 is 0 Å². The largest absolute Gasteiger partial charge is 0.492 e. The molecule has 0 radical (unpaired) electrons. The van der Waals surface area contributed by atoms with Crippen molar-refractivity contribution in [3.8, 4) is 5.75 Å². The number of imidazole rings is 1. The molecule has 4 nitrogen and oxygen atoms in total. The number of nitrogens with one attached hydrogen (secondary N) is 2. The van der Waals surface area contributed by atoms with E-state index in [4.69, 9.17) is 4.74 Å². The number of hydrogen-bond acceptors (Lipinski definition) is 3. The number of aryl methyl sites for hydroxylation is 1. The SMILES string of the molecule is CCOc1c(Br)cc(Br)cc1CNCCCc1nc2ccccc2[nH]1. The van der Waals surface area contributed by atoms with Crippen molar-refractivity contribution in [1.82, 2.24) is 15.3 Å². The van der Waals surface area contributed by atoms with Crippen LogP contribution in [-0.2, 0) is 13.0 Å². The maximum absolute atomic E-state index is 5.76. The lowest BCUT2D eigenvalue weighted by Crippen LogP contribution is -2.16. The first-order valence-corrected chi connectivity index (χ1v) is 10.0. The molecule has 2 aromatic carbocycles. The number of aromatic amines is 1. The zero-order valence-electron chi connectivity index (χ0n) is 14.1. The van der Waals surface area contributed by atoms with Crippen molar-refractivity contribution in [1.29, 1.82) is 0 Å². The average Bonchev–Trinajstić information content (AvgIpc) is 3.00. The van der Waals surface area contributed by atoms with Crippen LogP contribution in [0.3, 0.4) is 0 Å². The van der Waals surface area contributed by atoms with Crippen LogP contribution in [0.4, 0.5) is 0 Å². The van der Waals surface area contributed by atoms with Gasteiger partial charge in [-0.25, -0.2) is 4.98 Å². The number of benzene rings is 2. The van der Waals surface area contributed by atoms with Crippen LogP contribution in [0, 0.1) is 0 Å². The number of halogens is 2. The van der Waals surface area contributed by atoms with Crippen LogP contribution in [0.15, 0.2) is 45.3 Å². The quantitative estimate of drug-likeness (QED) is 0.448. The molecule has 0 saturated heterocycles. The topological polar surface area (TPSA) is 49.9 Å². The number of ether oxygens (including phenoxy) is 1. The molecule has 25 heavy (non-hydrogen) atoms. The van der Waals surface area contributed by atoms with E-state index in [1.165, 1.54) is 0 Å². The van der Waals surface area contributed by atoms with E-state index in [9.17, 15) is 0 Å². The molecule has 3 rings (SSSR count). The molecule has 0 amide bonds. The van der Waals surface area contributed by atoms with Crippen molar-refractivity contribution < 1.29 is 4.74 Å². The molecule has 0 aliphatic heterocycles. The van der Waals surface area contributed by atoms with E-state index in [2.05, 4.69) is 59.3 Å². The second-order valence-electron chi connectivity index (χ2n) is 5.79. The molecule has 0 spiro atoms. The van der Waals surface area contributed by atoms with Gasteiger partial charge in [-0.3, -0.25) is 0 Å². The summed E-state index contributed by atoms with van der Waals surface area (Å²) in [7, 11) is 0.